The lowest BCUT2D eigenvalue weighted by Gasteiger charge is -2.21. The SMILES string of the molecule is CN=C(NCCCC1CCCCC1)NCCc1c(C)noc1C.I. The molecule has 1 heterocycles. The van der Waals surface area contributed by atoms with Gasteiger partial charge in [-0.3, -0.25) is 4.99 Å². The van der Waals surface area contributed by atoms with Crippen molar-refractivity contribution in [2.75, 3.05) is 20.1 Å². The van der Waals surface area contributed by atoms with E-state index in [1.54, 1.807) is 0 Å². The van der Waals surface area contributed by atoms with E-state index >= 15 is 0 Å². The fourth-order valence-electron chi connectivity index (χ4n) is 3.46. The molecule has 1 aliphatic rings. The number of aromatic nitrogens is 1. The van der Waals surface area contributed by atoms with E-state index in [2.05, 4.69) is 20.8 Å². The Hall–Kier alpha value is -0.790. The molecule has 0 aliphatic heterocycles. The molecule has 2 rings (SSSR count). The Morgan fingerprint density at radius 1 is 1.17 bits per heavy atom. The van der Waals surface area contributed by atoms with Crippen molar-refractivity contribution in [2.45, 2.75) is 65.2 Å². The first-order valence-electron chi connectivity index (χ1n) is 9.07. The monoisotopic (exact) mass is 448 g/mol. The van der Waals surface area contributed by atoms with Crippen molar-refractivity contribution >= 4 is 29.9 Å². The van der Waals surface area contributed by atoms with Gasteiger partial charge in [0.05, 0.1) is 5.69 Å². The third kappa shape index (κ3) is 6.99. The van der Waals surface area contributed by atoms with Gasteiger partial charge < -0.3 is 15.2 Å². The maximum atomic E-state index is 5.19. The van der Waals surface area contributed by atoms with Gasteiger partial charge in [-0.2, -0.15) is 0 Å². The number of rotatable bonds is 7. The van der Waals surface area contributed by atoms with E-state index in [9.17, 15) is 0 Å². The molecule has 0 unspecified atom stereocenters. The van der Waals surface area contributed by atoms with Crippen LogP contribution in [0.5, 0.6) is 0 Å². The first-order chi connectivity index (χ1) is 11.2. The molecule has 5 nitrogen and oxygen atoms in total. The first kappa shape index (κ1) is 21.3. The number of guanidine groups is 1. The van der Waals surface area contributed by atoms with Crippen LogP contribution in [0.1, 0.15) is 62.0 Å². The summed E-state index contributed by atoms with van der Waals surface area (Å²) in [6.07, 6.45) is 10.7. The number of nitrogens with zero attached hydrogens (tertiary/aromatic N) is 2. The lowest BCUT2D eigenvalue weighted by atomic mass is 9.86. The van der Waals surface area contributed by atoms with Crippen molar-refractivity contribution in [2.24, 2.45) is 10.9 Å². The highest BCUT2D eigenvalue weighted by Crippen LogP contribution is 2.26. The Kier molecular flexibility index (Phi) is 10.4. The fourth-order valence-corrected chi connectivity index (χ4v) is 3.46. The summed E-state index contributed by atoms with van der Waals surface area (Å²) < 4.78 is 5.19. The number of aryl methyl sites for hydroxylation is 2. The summed E-state index contributed by atoms with van der Waals surface area (Å²) in [6.45, 7) is 5.80. The van der Waals surface area contributed by atoms with Crippen LogP contribution in [0.15, 0.2) is 9.52 Å². The summed E-state index contributed by atoms with van der Waals surface area (Å²) >= 11 is 0. The normalized spacial score (nSPS) is 15.9. The summed E-state index contributed by atoms with van der Waals surface area (Å²) in [5, 5.41) is 10.8. The van der Waals surface area contributed by atoms with Crippen LogP contribution in [-0.4, -0.2) is 31.3 Å². The molecule has 0 bridgehead atoms. The van der Waals surface area contributed by atoms with Gasteiger partial charge in [0, 0.05) is 25.7 Å². The molecule has 1 fully saturated rings. The molecule has 0 radical (unpaired) electrons. The van der Waals surface area contributed by atoms with E-state index in [0.29, 0.717) is 0 Å². The zero-order chi connectivity index (χ0) is 16.5. The molecule has 0 saturated heterocycles. The molecule has 1 saturated carbocycles. The Morgan fingerprint density at radius 3 is 2.50 bits per heavy atom. The standard InChI is InChI=1S/C18H32N4O.HI/c1-14-17(15(2)23-22-14)11-13-21-18(19-3)20-12-7-10-16-8-5-4-6-9-16;/h16H,4-13H2,1-3H3,(H2,19,20,21);1H. The number of hydrogen-bond donors (Lipinski definition) is 2. The summed E-state index contributed by atoms with van der Waals surface area (Å²) in [5.74, 6) is 2.76. The average molecular weight is 448 g/mol. The molecule has 1 aromatic heterocycles. The van der Waals surface area contributed by atoms with Gasteiger partial charge in [0.25, 0.3) is 0 Å². The van der Waals surface area contributed by atoms with Gasteiger partial charge in [-0.25, -0.2) is 0 Å². The van der Waals surface area contributed by atoms with E-state index in [4.69, 9.17) is 4.52 Å². The molecule has 1 aliphatic carbocycles. The minimum Gasteiger partial charge on any atom is -0.361 e. The molecule has 0 spiro atoms. The second-order valence-electron chi connectivity index (χ2n) is 6.62. The molecule has 2 N–H and O–H groups in total. The second kappa shape index (κ2) is 11.7. The maximum Gasteiger partial charge on any atom is 0.190 e. The highest BCUT2D eigenvalue weighted by molar-refractivity contribution is 14.0. The van der Waals surface area contributed by atoms with Crippen molar-refractivity contribution in [1.82, 2.24) is 15.8 Å². The molecule has 0 amide bonds. The van der Waals surface area contributed by atoms with E-state index in [0.717, 1.165) is 42.8 Å². The van der Waals surface area contributed by atoms with Gasteiger partial charge in [-0.05, 0) is 39.0 Å². The van der Waals surface area contributed by atoms with Gasteiger partial charge in [0.1, 0.15) is 5.76 Å². The molecule has 1 aromatic rings. The van der Waals surface area contributed by atoms with Crippen LogP contribution in [0.3, 0.4) is 0 Å². The summed E-state index contributed by atoms with van der Waals surface area (Å²) in [5.41, 5.74) is 2.19. The minimum atomic E-state index is 0. The second-order valence-corrected chi connectivity index (χ2v) is 6.62. The lowest BCUT2D eigenvalue weighted by molar-refractivity contribution is 0.332. The zero-order valence-electron chi connectivity index (χ0n) is 15.4. The summed E-state index contributed by atoms with van der Waals surface area (Å²) in [4.78, 5) is 4.29. The largest absolute Gasteiger partial charge is 0.361 e. The van der Waals surface area contributed by atoms with Gasteiger partial charge >= 0.3 is 0 Å². The quantitative estimate of drug-likeness (QED) is 0.287. The number of aliphatic imine (C=N–C) groups is 1. The maximum absolute atomic E-state index is 5.19. The van der Waals surface area contributed by atoms with Crippen LogP contribution < -0.4 is 10.6 Å². The topological polar surface area (TPSA) is 62.5 Å². The van der Waals surface area contributed by atoms with Crippen LogP contribution in [0.2, 0.25) is 0 Å². The molecule has 138 valence electrons. The zero-order valence-corrected chi connectivity index (χ0v) is 17.7. The molecular formula is C18H33IN4O. The van der Waals surface area contributed by atoms with Crippen molar-refractivity contribution in [3.63, 3.8) is 0 Å². The average Bonchev–Trinajstić information content (AvgIpc) is 2.89. The van der Waals surface area contributed by atoms with Crippen LogP contribution in [0.25, 0.3) is 0 Å². The highest BCUT2D eigenvalue weighted by atomic mass is 127. The van der Waals surface area contributed by atoms with E-state index in [1.807, 2.05) is 20.9 Å². The third-order valence-electron chi connectivity index (χ3n) is 4.88. The van der Waals surface area contributed by atoms with Crippen LogP contribution >= 0.6 is 24.0 Å². The van der Waals surface area contributed by atoms with Crippen LogP contribution in [0.4, 0.5) is 0 Å². The van der Waals surface area contributed by atoms with E-state index in [1.165, 1.54) is 50.5 Å². The smallest absolute Gasteiger partial charge is 0.190 e. The van der Waals surface area contributed by atoms with Gasteiger partial charge in [-0.15, -0.1) is 24.0 Å². The molecular weight excluding hydrogens is 415 g/mol. The minimum absolute atomic E-state index is 0. The van der Waals surface area contributed by atoms with Crippen molar-refractivity contribution in [1.29, 1.82) is 0 Å². The summed E-state index contributed by atoms with van der Waals surface area (Å²) in [7, 11) is 1.83. The van der Waals surface area contributed by atoms with Crippen molar-refractivity contribution < 1.29 is 4.52 Å². The number of halogens is 1. The molecule has 0 aromatic carbocycles. The van der Waals surface area contributed by atoms with E-state index in [-0.39, 0.29) is 24.0 Å². The number of hydrogen-bond acceptors (Lipinski definition) is 3. The van der Waals surface area contributed by atoms with Crippen molar-refractivity contribution in [3.8, 4) is 0 Å². The Bertz CT molecular complexity index is 476. The fraction of sp³-hybridized carbons (Fsp3) is 0.778. The molecule has 0 atom stereocenters. The van der Waals surface area contributed by atoms with Gasteiger partial charge in [-0.1, -0.05) is 37.3 Å². The van der Waals surface area contributed by atoms with E-state index < -0.39 is 0 Å². The Labute approximate surface area is 163 Å². The summed E-state index contributed by atoms with van der Waals surface area (Å²) in [6, 6.07) is 0. The van der Waals surface area contributed by atoms with Crippen molar-refractivity contribution in [3.05, 3.63) is 17.0 Å². The molecule has 6 heteroatoms. The Morgan fingerprint density at radius 2 is 1.88 bits per heavy atom. The van der Waals surface area contributed by atoms with Gasteiger partial charge in [0.15, 0.2) is 5.96 Å². The Balaban J connectivity index is 0.00000288. The van der Waals surface area contributed by atoms with Gasteiger partial charge in [0.2, 0.25) is 0 Å². The van der Waals surface area contributed by atoms with Crippen LogP contribution in [-0.2, 0) is 6.42 Å². The first-order valence-corrected chi connectivity index (χ1v) is 9.07. The highest BCUT2D eigenvalue weighted by Gasteiger charge is 2.12. The lowest BCUT2D eigenvalue weighted by Crippen LogP contribution is -2.38. The number of nitrogens with one attached hydrogen (secondary N) is 2. The molecule has 24 heavy (non-hydrogen) atoms. The van der Waals surface area contributed by atoms with Crippen LogP contribution in [0, 0.1) is 19.8 Å². The predicted molar refractivity (Wildman–Crippen MR) is 110 cm³/mol. The predicted octanol–water partition coefficient (Wildman–Crippen LogP) is 3.98. The third-order valence-corrected chi connectivity index (χ3v) is 4.88.